The van der Waals surface area contributed by atoms with Crippen LogP contribution >= 0.6 is 0 Å². The maximum Gasteiger partial charge on any atom is 0.317 e. The topological polar surface area (TPSA) is 52.7 Å². The van der Waals surface area contributed by atoms with E-state index in [0.29, 0.717) is 25.6 Å². The Hall–Kier alpha value is -2.11. The lowest BCUT2D eigenvalue weighted by Crippen LogP contribution is -2.51. The molecule has 1 atom stereocenters. The van der Waals surface area contributed by atoms with E-state index in [4.69, 9.17) is 0 Å². The lowest BCUT2D eigenvalue weighted by atomic mass is 9.78. The fourth-order valence-electron chi connectivity index (χ4n) is 4.30. The first-order chi connectivity index (χ1) is 12.6. The van der Waals surface area contributed by atoms with Crippen molar-refractivity contribution in [3.8, 4) is 0 Å². The molecule has 3 amide bonds. The van der Waals surface area contributed by atoms with Gasteiger partial charge in [0, 0.05) is 32.7 Å². The van der Waals surface area contributed by atoms with Gasteiger partial charge in [-0.3, -0.25) is 4.79 Å². The first-order valence-electron chi connectivity index (χ1n) is 9.62. The van der Waals surface area contributed by atoms with Crippen molar-refractivity contribution in [3.05, 3.63) is 35.6 Å². The molecule has 140 valence electrons. The molecule has 5 nitrogen and oxygen atoms in total. The molecule has 0 bridgehead atoms. The van der Waals surface area contributed by atoms with Gasteiger partial charge < -0.3 is 15.1 Å². The van der Waals surface area contributed by atoms with E-state index in [1.165, 1.54) is 25.0 Å². The Labute approximate surface area is 153 Å². The van der Waals surface area contributed by atoms with Crippen LogP contribution < -0.4 is 5.32 Å². The van der Waals surface area contributed by atoms with Crippen LogP contribution in [0.25, 0.3) is 0 Å². The zero-order valence-electron chi connectivity index (χ0n) is 15.0. The molecule has 1 spiro atoms. The van der Waals surface area contributed by atoms with Gasteiger partial charge >= 0.3 is 6.03 Å². The van der Waals surface area contributed by atoms with Crippen molar-refractivity contribution in [2.24, 2.45) is 11.3 Å². The number of rotatable bonds is 4. The molecule has 2 aliphatic heterocycles. The summed E-state index contributed by atoms with van der Waals surface area (Å²) in [6.45, 7) is 3.16. The minimum absolute atomic E-state index is 0.168. The Kier molecular flexibility index (Phi) is 4.59. The van der Waals surface area contributed by atoms with Gasteiger partial charge in [0.2, 0.25) is 5.91 Å². The Balaban J connectivity index is 1.34. The third kappa shape index (κ3) is 3.55. The van der Waals surface area contributed by atoms with E-state index in [9.17, 15) is 14.0 Å². The van der Waals surface area contributed by atoms with Crippen molar-refractivity contribution in [2.75, 3.05) is 26.2 Å². The normalized spacial score (nSPS) is 25.8. The number of hydrogen-bond donors (Lipinski definition) is 1. The third-order valence-electron chi connectivity index (χ3n) is 5.97. The SMILES string of the molecule is O=C(NCc1cccc(F)c1)N1CCC2(CCCN(CC3CC3)C2=O)C1. The molecular weight excluding hydrogens is 333 g/mol. The Morgan fingerprint density at radius 2 is 2.12 bits per heavy atom. The van der Waals surface area contributed by atoms with Crippen LogP contribution in [0.5, 0.6) is 0 Å². The van der Waals surface area contributed by atoms with Crippen LogP contribution in [0.3, 0.4) is 0 Å². The third-order valence-corrected chi connectivity index (χ3v) is 5.97. The first-order valence-corrected chi connectivity index (χ1v) is 9.62. The van der Waals surface area contributed by atoms with Gasteiger partial charge in [-0.15, -0.1) is 0 Å². The molecule has 0 aromatic heterocycles. The number of nitrogens with zero attached hydrogens (tertiary/aromatic N) is 2. The average molecular weight is 359 g/mol. The number of likely N-dealkylation sites (tertiary alicyclic amines) is 2. The van der Waals surface area contributed by atoms with Crippen LogP contribution in [0.4, 0.5) is 9.18 Å². The van der Waals surface area contributed by atoms with E-state index < -0.39 is 0 Å². The van der Waals surface area contributed by atoms with Crippen molar-refractivity contribution in [1.29, 1.82) is 0 Å². The highest BCUT2D eigenvalue weighted by Gasteiger charge is 2.49. The van der Waals surface area contributed by atoms with Crippen molar-refractivity contribution in [2.45, 2.75) is 38.6 Å². The van der Waals surface area contributed by atoms with Gasteiger partial charge in [0.25, 0.3) is 0 Å². The van der Waals surface area contributed by atoms with E-state index in [0.717, 1.165) is 37.9 Å². The van der Waals surface area contributed by atoms with Gasteiger partial charge in [-0.2, -0.15) is 0 Å². The summed E-state index contributed by atoms with van der Waals surface area (Å²) in [4.78, 5) is 29.3. The van der Waals surface area contributed by atoms with Crippen molar-refractivity contribution in [3.63, 3.8) is 0 Å². The van der Waals surface area contributed by atoms with Gasteiger partial charge in [0.1, 0.15) is 5.82 Å². The summed E-state index contributed by atoms with van der Waals surface area (Å²) in [5.74, 6) is 0.637. The van der Waals surface area contributed by atoms with Gasteiger partial charge in [-0.25, -0.2) is 9.18 Å². The van der Waals surface area contributed by atoms with Crippen LogP contribution in [0.15, 0.2) is 24.3 Å². The second-order valence-corrected chi connectivity index (χ2v) is 8.04. The second-order valence-electron chi connectivity index (χ2n) is 8.04. The lowest BCUT2D eigenvalue weighted by molar-refractivity contribution is -0.145. The van der Waals surface area contributed by atoms with Crippen molar-refractivity contribution >= 4 is 11.9 Å². The molecule has 4 rings (SSSR count). The van der Waals surface area contributed by atoms with Crippen LogP contribution in [0.2, 0.25) is 0 Å². The summed E-state index contributed by atoms with van der Waals surface area (Å²) in [7, 11) is 0. The summed E-state index contributed by atoms with van der Waals surface area (Å²) in [6.07, 6.45) is 5.13. The van der Waals surface area contributed by atoms with Crippen LogP contribution in [-0.2, 0) is 11.3 Å². The van der Waals surface area contributed by atoms with Gasteiger partial charge in [-0.1, -0.05) is 12.1 Å². The smallest absolute Gasteiger partial charge is 0.317 e. The fraction of sp³-hybridized carbons (Fsp3) is 0.600. The predicted molar refractivity (Wildman–Crippen MR) is 95.8 cm³/mol. The zero-order valence-corrected chi connectivity index (χ0v) is 15.0. The first kappa shape index (κ1) is 17.3. The molecule has 3 fully saturated rings. The number of amides is 3. The largest absolute Gasteiger partial charge is 0.342 e. The molecule has 1 unspecified atom stereocenters. The Morgan fingerprint density at radius 1 is 1.27 bits per heavy atom. The minimum Gasteiger partial charge on any atom is -0.342 e. The second kappa shape index (κ2) is 6.89. The summed E-state index contributed by atoms with van der Waals surface area (Å²) in [6, 6.07) is 6.06. The number of benzene rings is 1. The maximum atomic E-state index is 13.2. The Bertz CT molecular complexity index is 706. The fourth-order valence-corrected chi connectivity index (χ4v) is 4.30. The predicted octanol–water partition coefficient (Wildman–Crippen LogP) is 2.76. The van der Waals surface area contributed by atoms with Crippen molar-refractivity contribution in [1.82, 2.24) is 15.1 Å². The van der Waals surface area contributed by atoms with E-state index in [1.807, 2.05) is 4.90 Å². The maximum absolute atomic E-state index is 13.2. The number of hydrogen-bond acceptors (Lipinski definition) is 2. The molecule has 26 heavy (non-hydrogen) atoms. The molecule has 1 aromatic carbocycles. The summed E-state index contributed by atoms with van der Waals surface area (Å²) in [5.41, 5.74) is 0.347. The molecule has 1 N–H and O–H groups in total. The molecule has 2 saturated heterocycles. The number of carbonyl (C=O) groups excluding carboxylic acids is 2. The van der Waals surface area contributed by atoms with Crippen molar-refractivity contribution < 1.29 is 14.0 Å². The zero-order chi connectivity index (χ0) is 18.1. The summed E-state index contributed by atoms with van der Waals surface area (Å²) >= 11 is 0. The van der Waals surface area contributed by atoms with E-state index >= 15 is 0 Å². The number of urea groups is 1. The molecule has 1 aliphatic carbocycles. The molecule has 6 heteroatoms. The van der Waals surface area contributed by atoms with E-state index in [1.54, 1.807) is 17.0 Å². The van der Waals surface area contributed by atoms with Crippen LogP contribution in [0, 0.1) is 17.2 Å². The Morgan fingerprint density at radius 3 is 2.88 bits per heavy atom. The number of nitrogens with one attached hydrogen (secondary N) is 1. The standard InChI is InChI=1S/C20H26FN3O2/c21-17-4-1-3-16(11-17)12-22-19(26)24-10-8-20(14-24)7-2-9-23(18(20)25)13-15-5-6-15/h1,3-4,11,15H,2,5-10,12-14H2,(H,22,26). The summed E-state index contributed by atoms with van der Waals surface area (Å²) < 4.78 is 13.2. The highest BCUT2D eigenvalue weighted by Crippen LogP contribution is 2.41. The number of piperidine rings is 1. The lowest BCUT2D eigenvalue weighted by Gasteiger charge is -2.39. The monoisotopic (exact) mass is 359 g/mol. The summed E-state index contributed by atoms with van der Waals surface area (Å²) in [5, 5.41) is 2.85. The highest BCUT2D eigenvalue weighted by atomic mass is 19.1. The van der Waals surface area contributed by atoms with E-state index in [2.05, 4.69) is 5.32 Å². The molecular formula is C20H26FN3O2. The van der Waals surface area contributed by atoms with Gasteiger partial charge in [-0.05, 0) is 55.7 Å². The average Bonchev–Trinajstić information content (AvgIpc) is 3.35. The molecule has 1 saturated carbocycles. The number of halogens is 1. The van der Waals surface area contributed by atoms with Crippen LogP contribution in [0.1, 0.15) is 37.7 Å². The molecule has 0 radical (unpaired) electrons. The van der Waals surface area contributed by atoms with E-state index in [-0.39, 0.29) is 23.2 Å². The molecule has 1 aromatic rings. The highest BCUT2D eigenvalue weighted by molar-refractivity contribution is 5.85. The number of carbonyl (C=O) groups is 2. The molecule has 3 aliphatic rings. The minimum atomic E-state index is -0.386. The van der Waals surface area contributed by atoms with Gasteiger partial charge in [0.15, 0.2) is 0 Å². The molecule has 2 heterocycles. The van der Waals surface area contributed by atoms with Gasteiger partial charge in [0.05, 0.1) is 5.41 Å². The van der Waals surface area contributed by atoms with Crippen LogP contribution in [-0.4, -0.2) is 47.9 Å². The quantitative estimate of drug-likeness (QED) is 0.899.